The van der Waals surface area contributed by atoms with Gasteiger partial charge in [-0.05, 0) is 36.5 Å². The van der Waals surface area contributed by atoms with Crippen LogP contribution in [0.4, 0.5) is 0 Å². The second-order valence-corrected chi connectivity index (χ2v) is 7.16. The van der Waals surface area contributed by atoms with Crippen LogP contribution in [0.3, 0.4) is 0 Å². The molecule has 3 rings (SSSR count). The lowest BCUT2D eigenvalue weighted by atomic mass is 9.95. The van der Waals surface area contributed by atoms with Crippen LogP contribution in [0.25, 0.3) is 0 Å². The van der Waals surface area contributed by atoms with Gasteiger partial charge in [-0.15, -0.1) is 0 Å². The molecule has 0 aliphatic carbocycles. The number of amides is 2. The summed E-state index contributed by atoms with van der Waals surface area (Å²) in [6.45, 7) is 1.39. The van der Waals surface area contributed by atoms with Gasteiger partial charge in [0.2, 0.25) is 5.91 Å². The Balaban J connectivity index is 1.74. The summed E-state index contributed by atoms with van der Waals surface area (Å²) in [6, 6.07) is 18.2. The highest BCUT2D eigenvalue weighted by atomic mass is 16.2. The van der Waals surface area contributed by atoms with Gasteiger partial charge in [-0.3, -0.25) is 14.6 Å². The van der Waals surface area contributed by atoms with Crippen molar-refractivity contribution in [3.63, 3.8) is 0 Å². The Hall–Kier alpha value is -3.35. The first kappa shape index (κ1) is 20.4. The molecule has 0 spiro atoms. The van der Waals surface area contributed by atoms with E-state index in [0.717, 1.165) is 12.0 Å². The summed E-state index contributed by atoms with van der Waals surface area (Å²) in [4.78, 5) is 31.8. The van der Waals surface area contributed by atoms with Gasteiger partial charge in [-0.2, -0.15) is 0 Å². The molecule has 1 fully saturated rings. The summed E-state index contributed by atoms with van der Waals surface area (Å²) in [5.41, 5.74) is 12.4. The second kappa shape index (κ2) is 9.73. The topological polar surface area (TPSA) is 114 Å². The summed E-state index contributed by atoms with van der Waals surface area (Å²) in [5.74, 6) is -0.244. The molecule has 0 radical (unpaired) electrons. The number of rotatable bonds is 7. The fraction of sp³-hybridized carbons (Fsp3) is 0.318. The lowest BCUT2D eigenvalue weighted by Crippen LogP contribution is -2.48. The molecular formula is C22H27N5O2. The average Bonchev–Trinajstić information content (AvgIpc) is 3.16. The van der Waals surface area contributed by atoms with Crippen LogP contribution in [0.1, 0.15) is 28.8 Å². The molecule has 7 heteroatoms. The van der Waals surface area contributed by atoms with Crippen molar-refractivity contribution in [1.82, 2.24) is 10.2 Å². The molecule has 152 valence electrons. The first-order valence-electron chi connectivity index (χ1n) is 9.79. The van der Waals surface area contributed by atoms with Gasteiger partial charge in [-0.1, -0.05) is 48.5 Å². The minimum atomic E-state index is -0.541. The zero-order valence-corrected chi connectivity index (χ0v) is 16.3. The van der Waals surface area contributed by atoms with Crippen molar-refractivity contribution < 1.29 is 9.59 Å². The van der Waals surface area contributed by atoms with E-state index >= 15 is 0 Å². The van der Waals surface area contributed by atoms with Crippen LogP contribution in [-0.4, -0.2) is 41.8 Å². The number of guanidine groups is 1. The van der Waals surface area contributed by atoms with Crippen molar-refractivity contribution in [2.45, 2.75) is 25.4 Å². The molecule has 1 aliphatic heterocycles. The van der Waals surface area contributed by atoms with Crippen molar-refractivity contribution in [3.05, 3.63) is 71.8 Å². The predicted octanol–water partition coefficient (Wildman–Crippen LogP) is 1.50. The van der Waals surface area contributed by atoms with Gasteiger partial charge in [0.15, 0.2) is 5.96 Å². The van der Waals surface area contributed by atoms with Crippen molar-refractivity contribution in [2.24, 2.45) is 22.4 Å². The highest BCUT2D eigenvalue weighted by Gasteiger charge is 2.41. The number of carbonyl (C=O) groups excluding carboxylic acids is 2. The number of benzene rings is 2. The number of hydrogen-bond donors (Lipinski definition) is 3. The minimum Gasteiger partial charge on any atom is -0.370 e. The van der Waals surface area contributed by atoms with Gasteiger partial charge >= 0.3 is 0 Å². The van der Waals surface area contributed by atoms with Gasteiger partial charge < -0.3 is 21.7 Å². The van der Waals surface area contributed by atoms with E-state index in [4.69, 9.17) is 11.5 Å². The van der Waals surface area contributed by atoms with Crippen LogP contribution < -0.4 is 16.8 Å². The molecule has 0 aromatic heterocycles. The Morgan fingerprint density at radius 1 is 1.03 bits per heavy atom. The van der Waals surface area contributed by atoms with Crippen LogP contribution in [-0.2, 0) is 11.3 Å². The molecule has 5 N–H and O–H groups in total. The summed E-state index contributed by atoms with van der Waals surface area (Å²) in [5, 5.41) is 2.99. The summed E-state index contributed by atoms with van der Waals surface area (Å²) in [7, 11) is 0. The number of hydrogen-bond acceptors (Lipinski definition) is 3. The molecule has 2 aromatic rings. The number of carbonyl (C=O) groups is 2. The summed E-state index contributed by atoms with van der Waals surface area (Å²) < 4.78 is 0. The average molecular weight is 393 g/mol. The molecule has 1 saturated heterocycles. The van der Waals surface area contributed by atoms with E-state index < -0.39 is 6.04 Å². The molecule has 7 nitrogen and oxygen atoms in total. The highest BCUT2D eigenvalue weighted by Crippen LogP contribution is 2.29. The lowest BCUT2D eigenvalue weighted by molar-refractivity contribution is -0.126. The van der Waals surface area contributed by atoms with Crippen molar-refractivity contribution in [3.8, 4) is 0 Å². The third kappa shape index (κ3) is 5.34. The zero-order chi connectivity index (χ0) is 20.6. The second-order valence-electron chi connectivity index (χ2n) is 7.16. The van der Waals surface area contributed by atoms with Crippen LogP contribution in [0.2, 0.25) is 0 Å². The van der Waals surface area contributed by atoms with Crippen LogP contribution >= 0.6 is 0 Å². The maximum atomic E-state index is 13.1. The number of aliphatic imine (C=N–C) groups is 1. The summed E-state index contributed by atoms with van der Waals surface area (Å²) in [6.07, 6.45) is 1.38. The largest absolute Gasteiger partial charge is 0.370 e. The Morgan fingerprint density at radius 2 is 1.69 bits per heavy atom. The maximum absolute atomic E-state index is 13.1. The Bertz CT molecular complexity index is 850. The number of nitrogens with zero attached hydrogens (tertiary/aromatic N) is 2. The van der Waals surface area contributed by atoms with Crippen LogP contribution in [0, 0.1) is 5.92 Å². The van der Waals surface area contributed by atoms with E-state index in [9.17, 15) is 9.59 Å². The fourth-order valence-electron chi connectivity index (χ4n) is 3.74. The summed E-state index contributed by atoms with van der Waals surface area (Å²) >= 11 is 0. The predicted molar refractivity (Wildman–Crippen MR) is 113 cm³/mol. The lowest BCUT2D eigenvalue weighted by Gasteiger charge is -2.27. The fourth-order valence-corrected chi connectivity index (χ4v) is 3.74. The molecule has 2 amide bonds. The van der Waals surface area contributed by atoms with E-state index in [1.54, 1.807) is 17.0 Å². The Kier molecular flexibility index (Phi) is 6.84. The third-order valence-electron chi connectivity index (χ3n) is 5.18. The number of nitrogens with one attached hydrogen (secondary N) is 1. The standard InChI is InChI=1S/C22H27N5O2/c23-22(24)25-13-11-17-12-14-27(21(29)18-9-5-2-6-10-18)19(17)20(28)26-15-16-7-3-1-4-8-16/h1-10,17,19H,11-15H2,(H,26,28)(H4,23,24,25)/t17-,19-/m1/s1. The number of likely N-dealkylation sites (tertiary alicyclic amines) is 1. The van der Waals surface area contributed by atoms with Gasteiger partial charge in [0.1, 0.15) is 6.04 Å². The van der Waals surface area contributed by atoms with Gasteiger partial charge in [-0.25, -0.2) is 0 Å². The maximum Gasteiger partial charge on any atom is 0.254 e. The molecule has 29 heavy (non-hydrogen) atoms. The number of nitrogens with two attached hydrogens (primary N) is 2. The minimum absolute atomic E-state index is 0.00142. The molecule has 0 saturated carbocycles. The normalized spacial score (nSPS) is 18.3. The first-order valence-corrected chi connectivity index (χ1v) is 9.79. The molecule has 0 unspecified atom stereocenters. The van der Waals surface area contributed by atoms with E-state index in [1.165, 1.54) is 0 Å². The zero-order valence-electron chi connectivity index (χ0n) is 16.3. The van der Waals surface area contributed by atoms with Gasteiger partial charge in [0.25, 0.3) is 5.91 Å². The first-order chi connectivity index (χ1) is 14.1. The van der Waals surface area contributed by atoms with Crippen LogP contribution in [0.5, 0.6) is 0 Å². The SMILES string of the molecule is NC(N)=NCC[C@@H]1CCN(C(=O)c2ccccc2)[C@H]1C(=O)NCc1ccccc1. The van der Waals surface area contributed by atoms with Crippen LogP contribution in [0.15, 0.2) is 65.7 Å². The highest BCUT2D eigenvalue weighted by molar-refractivity contribution is 5.98. The monoisotopic (exact) mass is 393 g/mol. The van der Waals surface area contributed by atoms with E-state index in [-0.39, 0.29) is 23.7 Å². The van der Waals surface area contributed by atoms with Gasteiger partial charge in [0, 0.05) is 25.2 Å². The van der Waals surface area contributed by atoms with Crippen molar-refractivity contribution in [2.75, 3.05) is 13.1 Å². The van der Waals surface area contributed by atoms with E-state index in [2.05, 4.69) is 10.3 Å². The van der Waals surface area contributed by atoms with Crippen molar-refractivity contribution >= 4 is 17.8 Å². The molecule has 0 bridgehead atoms. The van der Waals surface area contributed by atoms with Gasteiger partial charge in [0.05, 0.1) is 0 Å². The molecule has 1 aliphatic rings. The van der Waals surface area contributed by atoms with Crippen molar-refractivity contribution in [1.29, 1.82) is 0 Å². The third-order valence-corrected chi connectivity index (χ3v) is 5.18. The molecule has 2 aromatic carbocycles. The molecule has 2 atom stereocenters. The Labute approximate surface area is 170 Å². The molecular weight excluding hydrogens is 366 g/mol. The van der Waals surface area contributed by atoms with E-state index in [0.29, 0.717) is 31.6 Å². The Morgan fingerprint density at radius 3 is 2.34 bits per heavy atom. The quantitative estimate of drug-likeness (QED) is 0.488. The smallest absolute Gasteiger partial charge is 0.254 e. The molecule has 1 heterocycles. The van der Waals surface area contributed by atoms with E-state index in [1.807, 2.05) is 48.5 Å².